The number of hydrogen-bond donors (Lipinski definition) is 1. The zero-order valence-corrected chi connectivity index (χ0v) is 29.1. The predicted molar refractivity (Wildman–Crippen MR) is 190 cm³/mol. The Labute approximate surface area is 292 Å². The molecule has 1 amide bonds. The molecule has 7 rings (SSSR count). The number of ether oxygens (including phenoxy) is 2. The Hall–Kier alpha value is -3.91. The van der Waals surface area contributed by atoms with Crippen molar-refractivity contribution >= 4 is 32.7 Å². The number of nitrogens with one attached hydrogen (secondary N) is 1. The number of hydrogen-bond acceptors (Lipinski definition) is 9. The second-order valence-electron chi connectivity index (χ2n) is 13.6. The first-order valence-electron chi connectivity index (χ1n) is 17.7. The van der Waals surface area contributed by atoms with Crippen LogP contribution in [0.25, 0.3) is 16.7 Å². The van der Waals surface area contributed by atoms with Gasteiger partial charge < -0.3 is 14.4 Å². The topological polar surface area (TPSA) is 119 Å². The summed E-state index contributed by atoms with van der Waals surface area (Å²) >= 11 is 0. The lowest BCUT2D eigenvalue weighted by molar-refractivity contribution is 0.0349. The van der Waals surface area contributed by atoms with Crippen molar-refractivity contribution in [1.29, 1.82) is 0 Å². The lowest BCUT2D eigenvalue weighted by Crippen LogP contribution is -2.39. The van der Waals surface area contributed by atoms with Crippen LogP contribution in [0.15, 0.2) is 60.7 Å². The Morgan fingerprint density at radius 3 is 2.42 bits per heavy atom. The summed E-state index contributed by atoms with van der Waals surface area (Å²) < 4.78 is 55.0. The predicted octanol–water partition coefficient (Wildman–Crippen LogP) is 5.04. The van der Waals surface area contributed by atoms with Gasteiger partial charge in [-0.2, -0.15) is 5.10 Å². The molecule has 11 nitrogen and oxygen atoms in total. The monoisotopic (exact) mass is 704 g/mol. The standard InChI is InChI=1S/C37H45FN6O5S/c38-30-9-11-31(12-10-30)44-36-34(35(40-44)29-7-4-8-29)33(43-17-14-27(15-18-43)13-16-42-19-21-48-22-20-42)25-32(39-36)37(45)41-50(46,47)24-23-49-26-28-5-2-1-3-6-28/h1-3,5-6,9-12,25,27,29H,4,7-8,13-24,26H2,(H,41,45). The van der Waals surface area contributed by atoms with Crippen LogP contribution in [0.2, 0.25) is 0 Å². The molecule has 0 unspecified atom stereocenters. The van der Waals surface area contributed by atoms with E-state index in [1.54, 1.807) is 22.9 Å². The Morgan fingerprint density at radius 1 is 0.980 bits per heavy atom. The molecule has 2 aromatic carbocycles. The molecule has 4 heterocycles. The van der Waals surface area contributed by atoms with E-state index in [0.29, 0.717) is 17.3 Å². The van der Waals surface area contributed by atoms with Crippen molar-refractivity contribution in [2.75, 3.05) is 63.2 Å². The largest absolute Gasteiger partial charge is 0.379 e. The average Bonchev–Trinajstić information content (AvgIpc) is 3.48. The van der Waals surface area contributed by atoms with Gasteiger partial charge in [-0.15, -0.1) is 0 Å². The molecular formula is C37H45FN6O5S. The number of morpholine rings is 1. The van der Waals surface area contributed by atoms with Crippen molar-refractivity contribution in [1.82, 2.24) is 24.4 Å². The Balaban J connectivity index is 1.15. The fourth-order valence-electron chi connectivity index (χ4n) is 7.05. The van der Waals surface area contributed by atoms with Gasteiger partial charge in [-0.3, -0.25) is 9.69 Å². The third kappa shape index (κ3) is 8.17. The average molecular weight is 705 g/mol. The fourth-order valence-corrected chi connectivity index (χ4v) is 7.87. The van der Waals surface area contributed by atoms with Crippen molar-refractivity contribution in [3.05, 3.63) is 83.4 Å². The van der Waals surface area contributed by atoms with Crippen LogP contribution in [0.5, 0.6) is 0 Å². The summed E-state index contributed by atoms with van der Waals surface area (Å²) in [5.74, 6) is -0.711. The highest BCUT2D eigenvalue weighted by atomic mass is 32.2. The SMILES string of the molecule is O=C(NS(=O)(=O)CCOCc1ccccc1)c1cc(N2CCC(CCN3CCOCC3)CC2)c2c(C3CCC3)nn(-c3ccc(F)cc3)c2n1. The quantitative estimate of drug-likeness (QED) is 0.191. The number of anilines is 1. The van der Waals surface area contributed by atoms with Crippen LogP contribution in [0, 0.1) is 11.7 Å². The number of aromatic nitrogens is 3. The number of fused-ring (bicyclic) bond motifs is 1. The van der Waals surface area contributed by atoms with Gasteiger partial charge in [0, 0.05) is 32.1 Å². The number of piperidine rings is 1. The number of carbonyl (C=O) groups is 1. The Morgan fingerprint density at radius 2 is 1.72 bits per heavy atom. The molecule has 0 spiro atoms. The van der Waals surface area contributed by atoms with E-state index in [4.69, 9.17) is 19.6 Å². The summed E-state index contributed by atoms with van der Waals surface area (Å²) in [4.78, 5) is 23.2. The van der Waals surface area contributed by atoms with Gasteiger partial charge in [0.25, 0.3) is 5.91 Å². The number of pyridine rings is 1. The molecule has 4 aromatic rings. The smallest absolute Gasteiger partial charge is 0.283 e. The first kappa shape index (κ1) is 34.5. The van der Waals surface area contributed by atoms with Gasteiger partial charge in [-0.05, 0) is 80.5 Å². The van der Waals surface area contributed by atoms with Gasteiger partial charge in [-0.25, -0.2) is 27.2 Å². The number of carbonyl (C=O) groups excluding carboxylic acids is 1. The van der Waals surface area contributed by atoms with E-state index >= 15 is 0 Å². The minimum atomic E-state index is -4.02. The highest BCUT2D eigenvalue weighted by Gasteiger charge is 2.32. The molecule has 1 N–H and O–H groups in total. The number of sulfonamides is 1. The van der Waals surface area contributed by atoms with E-state index in [2.05, 4.69) is 14.5 Å². The lowest BCUT2D eigenvalue weighted by Gasteiger charge is -2.36. The summed E-state index contributed by atoms with van der Waals surface area (Å²) in [6.45, 7) is 6.43. The summed E-state index contributed by atoms with van der Waals surface area (Å²) in [6, 6.07) is 17.2. The van der Waals surface area contributed by atoms with Gasteiger partial charge in [0.1, 0.15) is 11.5 Å². The Kier molecular flexibility index (Phi) is 10.7. The molecule has 3 fully saturated rings. The normalized spacial score (nSPS) is 18.0. The zero-order chi connectivity index (χ0) is 34.5. The van der Waals surface area contributed by atoms with E-state index in [9.17, 15) is 17.6 Å². The summed E-state index contributed by atoms with van der Waals surface area (Å²) in [6.07, 6.45) is 6.28. The molecule has 13 heteroatoms. The maximum Gasteiger partial charge on any atom is 0.283 e. The molecular weight excluding hydrogens is 660 g/mol. The number of halogens is 1. The maximum absolute atomic E-state index is 14.0. The van der Waals surface area contributed by atoms with Gasteiger partial charge in [0.2, 0.25) is 10.0 Å². The lowest BCUT2D eigenvalue weighted by atomic mass is 9.81. The number of rotatable bonds is 13. The molecule has 1 saturated carbocycles. The van der Waals surface area contributed by atoms with Gasteiger partial charge in [-0.1, -0.05) is 36.8 Å². The first-order chi connectivity index (χ1) is 24.3. The summed E-state index contributed by atoms with van der Waals surface area (Å²) in [5, 5.41) is 5.91. The molecule has 2 aliphatic heterocycles. The van der Waals surface area contributed by atoms with Crippen molar-refractivity contribution in [3.8, 4) is 5.69 Å². The van der Waals surface area contributed by atoms with E-state index < -0.39 is 15.9 Å². The van der Waals surface area contributed by atoms with Crippen molar-refractivity contribution in [3.63, 3.8) is 0 Å². The molecule has 3 aliphatic rings. The van der Waals surface area contributed by atoms with Gasteiger partial charge >= 0.3 is 0 Å². The number of nitrogens with zero attached hydrogens (tertiary/aromatic N) is 5. The van der Waals surface area contributed by atoms with Gasteiger partial charge in [0.15, 0.2) is 5.65 Å². The number of benzene rings is 2. The fraction of sp³-hybridized carbons (Fsp3) is 0.486. The van der Waals surface area contributed by atoms with Gasteiger partial charge in [0.05, 0.1) is 54.6 Å². The second kappa shape index (κ2) is 15.5. The van der Waals surface area contributed by atoms with E-state index in [0.717, 1.165) is 107 Å². The third-order valence-corrected chi connectivity index (χ3v) is 11.4. The molecule has 266 valence electrons. The highest BCUT2D eigenvalue weighted by Crippen LogP contribution is 2.43. The van der Waals surface area contributed by atoms with Crippen LogP contribution in [0.4, 0.5) is 10.1 Å². The first-order valence-corrected chi connectivity index (χ1v) is 19.4. The van der Waals surface area contributed by atoms with Crippen molar-refractivity contribution in [2.45, 2.75) is 51.0 Å². The Bertz CT molecular complexity index is 1870. The van der Waals surface area contributed by atoms with Crippen LogP contribution >= 0.6 is 0 Å². The molecule has 0 atom stereocenters. The third-order valence-electron chi connectivity index (χ3n) is 10.2. The summed E-state index contributed by atoms with van der Waals surface area (Å²) in [7, 11) is -4.02. The molecule has 50 heavy (non-hydrogen) atoms. The molecule has 1 aliphatic carbocycles. The van der Waals surface area contributed by atoms with E-state index in [1.165, 1.54) is 12.1 Å². The van der Waals surface area contributed by atoms with Crippen LogP contribution in [-0.4, -0.2) is 92.3 Å². The number of amides is 1. The zero-order valence-electron chi connectivity index (χ0n) is 28.3. The van der Waals surface area contributed by atoms with E-state index in [-0.39, 0.29) is 36.4 Å². The summed E-state index contributed by atoms with van der Waals surface area (Å²) in [5.41, 5.74) is 3.74. The van der Waals surface area contributed by atoms with Crippen molar-refractivity contribution < 1.29 is 27.1 Å². The van der Waals surface area contributed by atoms with Crippen LogP contribution in [0.1, 0.15) is 66.2 Å². The molecule has 0 radical (unpaired) electrons. The highest BCUT2D eigenvalue weighted by molar-refractivity contribution is 7.90. The maximum atomic E-state index is 14.0. The minimum Gasteiger partial charge on any atom is -0.379 e. The van der Waals surface area contributed by atoms with Crippen molar-refractivity contribution in [2.24, 2.45) is 5.92 Å². The van der Waals surface area contributed by atoms with Crippen LogP contribution < -0.4 is 9.62 Å². The minimum absolute atomic E-state index is 0.0147. The molecule has 2 saturated heterocycles. The van der Waals surface area contributed by atoms with E-state index in [1.807, 2.05) is 30.3 Å². The molecule has 2 aromatic heterocycles. The van der Waals surface area contributed by atoms with Crippen LogP contribution in [0.3, 0.4) is 0 Å². The van der Waals surface area contributed by atoms with Crippen LogP contribution in [-0.2, 0) is 26.1 Å². The molecule has 0 bridgehead atoms. The second-order valence-corrected chi connectivity index (χ2v) is 15.4.